The number of hydrogen-bond donors (Lipinski definition) is 2. The highest BCUT2D eigenvalue weighted by atomic mass is 79.9. The molecule has 0 saturated carbocycles. The average Bonchev–Trinajstić information content (AvgIpc) is 3.24. The van der Waals surface area contributed by atoms with Crippen LogP contribution < -0.4 is 20.3 Å². The summed E-state index contributed by atoms with van der Waals surface area (Å²) in [6.07, 6.45) is 2.18. The number of halogens is 2. The van der Waals surface area contributed by atoms with E-state index in [9.17, 15) is 9.59 Å². The molecule has 1 saturated heterocycles. The second kappa shape index (κ2) is 10.5. The van der Waals surface area contributed by atoms with Crippen molar-refractivity contribution in [1.82, 2.24) is 10.9 Å². The second-order valence-corrected chi connectivity index (χ2v) is 7.66. The third kappa shape index (κ3) is 6.62. The minimum Gasteiger partial charge on any atom is -0.491 e. The molecule has 0 bridgehead atoms. The Morgan fingerprint density at radius 3 is 2.62 bits per heavy atom. The van der Waals surface area contributed by atoms with Crippen LogP contribution in [0.25, 0.3) is 0 Å². The van der Waals surface area contributed by atoms with E-state index >= 15 is 0 Å². The summed E-state index contributed by atoms with van der Waals surface area (Å²) >= 11 is 9.31. The van der Waals surface area contributed by atoms with Crippen molar-refractivity contribution in [3.8, 4) is 11.5 Å². The molecule has 1 aliphatic rings. The fourth-order valence-corrected chi connectivity index (χ4v) is 3.37. The van der Waals surface area contributed by atoms with Crippen molar-refractivity contribution in [2.75, 3.05) is 19.8 Å². The highest BCUT2D eigenvalue weighted by Crippen LogP contribution is 2.27. The number of carbonyl (C=O) groups is 2. The van der Waals surface area contributed by atoms with Crippen molar-refractivity contribution in [3.63, 3.8) is 0 Å². The standard InChI is InChI=1S/C20H20BrClN2O5/c21-14-5-8-18(17(22)10-14)29-12-19(25)23-24-20(26)13-3-6-15(7-4-13)28-11-16-2-1-9-27-16/h3-8,10,16H,1-2,9,11-12H2,(H,23,25)(H,24,26). The minimum atomic E-state index is -0.520. The Bertz CT molecular complexity index is 856. The molecule has 2 aromatic carbocycles. The SMILES string of the molecule is O=C(COc1ccc(Br)cc1Cl)NNC(=O)c1ccc(OCC2CCCO2)cc1. The smallest absolute Gasteiger partial charge is 0.276 e. The molecule has 0 aliphatic carbocycles. The number of nitrogens with one attached hydrogen (secondary N) is 2. The molecule has 2 N–H and O–H groups in total. The van der Waals surface area contributed by atoms with Gasteiger partial charge in [0.05, 0.1) is 11.1 Å². The summed E-state index contributed by atoms with van der Waals surface area (Å²) in [5.41, 5.74) is 5.01. The molecule has 2 aromatic rings. The largest absolute Gasteiger partial charge is 0.491 e. The van der Waals surface area contributed by atoms with Crippen LogP contribution in [0.1, 0.15) is 23.2 Å². The summed E-state index contributed by atoms with van der Waals surface area (Å²) in [7, 11) is 0. The van der Waals surface area contributed by atoms with E-state index in [0.29, 0.717) is 28.7 Å². The minimum absolute atomic E-state index is 0.127. The predicted molar refractivity (Wildman–Crippen MR) is 111 cm³/mol. The third-order valence-corrected chi connectivity index (χ3v) is 4.93. The van der Waals surface area contributed by atoms with Gasteiger partial charge in [-0.05, 0) is 55.3 Å². The summed E-state index contributed by atoms with van der Waals surface area (Å²) < 4.78 is 17.3. The van der Waals surface area contributed by atoms with E-state index in [-0.39, 0.29) is 12.7 Å². The number of carbonyl (C=O) groups excluding carboxylic acids is 2. The van der Waals surface area contributed by atoms with E-state index < -0.39 is 11.8 Å². The van der Waals surface area contributed by atoms with Gasteiger partial charge in [0.1, 0.15) is 18.1 Å². The monoisotopic (exact) mass is 482 g/mol. The fourth-order valence-electron chi connectivity index (χ4n) is 2.64. The van der Waals surface area contributed by atoms with Crippen LogP contribution in [-0.4, -0.2) is 37.7 Å². The van der Waals surface area contributed by atoms with Crippen LogP contribution in [0.15, 0.2) is 46.9 Å². The second-order valence-electron chi connectivity index (χ2n) is 6.34. The summed E-state index contributed by atoms with van der Waals surface area (Å²) in [5, 5.41) is 0.373. The number of rotatable bonds is 7. The third-order valence-electron chi connectivity index (χ3n) is 4.14. The van der Waals surface area contributed by atoms with Gasteiger partial charge >= 0.3 is 0 Å². The van der Waals surface area contributed by atoms with Crippen LogP contribution in [-0.2, 0) is 9.53 Å². The van der Waals surface area contributed by atoms with Crippen molar-refractivity contribution >= 4 is 39.3 Å². The van der Waals surface area contributed by atoms with E-state index in [1.165, 1.54) is 0 Å². The van der Waals surface area contributed by atoms with Crippen molar-refractivity contribution in [2.24, 2.45) is 0 Å². The molecule has 1 unspecified atom stereocenters. The number of benzene rings is 2. The van der Waals surface area contributed by atoms with Gasteiger partial charge in [-0.25, -0.2) is 0 Å². The van der Waals surface area contributed by atoms with Gasteiger partial charge in [0.25, 0.3) is 11.8 Å². The summed E-state index contributed by atoms with van der Waals surface area (Å²) in [4.78, 5) is 24.0. The number of ether oxygens (including phenoxy) is 3. The molecule has 1 fully saturated rings. The first-order valence-electron chi connectivity index (χ1n) is 9.03. The molecule has 154 valence electrons. The Balaban J connectivity index is 1.40. The highest BCUT2D eigenvalue weighted by Gasteiger charge is 2.16. The Hall–Kier alpha value is -2.29. The predicted octanol–water partition coefficient (Wildman–Crippen LogP) is 3.50. The first-order valence-corrected chi connectivity index (χ1v) is 10.2. The quantitative estimate of drug-likeness (QED) is 0.589. The molecule has 1 aliphatic heterocycles. The molecule has 0 aromatic heterocycles. The van der Waals surface area contributed by atoms with Gasteiger partial charge in [-0.15, -0.1) is 0 Å². The summed E-state index contributed by atoms with van der Waals surface area (Å²) in [5.74, 6) is 0.0513. The number of hydrazine groups is 1. The zero-order valence-electron chi connectivity index (χ0n) is 15.5. The average molecular weight is 484 g/mol. The summed E-state index contributed by atoms with van der Waals surface area (Å²) in [6.45, 7) is 0.974. The van der Waals surface area contributed by atoms with Gasteiger partial charge in [-0.1, -0.05) is 27.5 Å². The number of amides is 2. The molecule has 2 amide bonds. The lowest BCUT2D eigenvalue weighted by Gasteiger charge is -2.12. The Morgan fingerprint density at radius 2 is 1.93 bits per heavy atom. The summed E-state index contributed by atoms with van der Waals surface area (Å²) in [6, 6.07) is 11.7. The van der Waals surface area contributed by atoms with Gasteiger partial charge in [-0.3, -0.25) is 20.4 Å². The molecule has 7 nitrogen and oxygen atoms in total. The molecule has 29 heavy (non-hydrogen) atoms. The normalized spacial score (nSPS) is 15.6. The van der Waals surface area contributed by atoms with Crippen molar-refractivity contribution < 1.29 is 23.8 Å². The highest BCUT2D eigenvalue weighted by molar-refractivity contribution is 9.10. The fraction of sp³-hybridized carbons (Fsp3) is 0.300. The van der Waals surface area contributed by atoms with Crippen molar-refractivity contribution in [1.29, 1.82) is 0 Å². The van der Waals surface area contributed by atoms with Crippen LogP contribution >= 0.6 is 27.5 Å². The maximum absolute atomic E-state index is 12.1. The van der Waals surface area contributed by atoms with Crippen LogP contribution in [0.5, 0.6) is 11.5 Å². The Morgan fingerprint density at radius 1 is 1.14 bits per heavy atom. The lowest BCUT2D eigenvalue weighted by Crippen LogP contribution is -2.43. The van der Waals surface area contributed by atoms with Crippen molar-refractivity contribution in [3.05, 3.63) is 57.5 Å². The maximum atomic E-state index is 12.1. The van der Waals surface area contributed by atoms with Crippen LogP contribution in [0, 0.1) is 0 Å². The molecule has 1 atom stereocenters. The molecule has 1 heterocycles. The zero-order chi connectivity index (χ0) is 20.6. The molecule has 0 radical (unpaired) electrons. The lowest BCUT2D eigenvalue weighted by atomic mass is 10.2. The Kier molecular flexibility index (Phi) is 7.74. The van der Waals surface area contributed by atoms with E-state index in [1.807, 2.05) is 0 Å². The maximum Gasteiger partial charge on any atom is 0.276 e. The molecule has 3 rings (SSSR count). The van der Waals surface area contributed by atoms with E-state index in [0.717, 1.165) is 23.9 Å². The van der Waals surface area contributed by atoms with Crippen LogP contribution in [0.3, 0.4) is 0 Å². The van der Waals surface area contributed by atoms with E-state index in [1.54, 1.807) is 42.5 Å². The lowest BCUT2D eigenvalue weighted by molar-refractivity contribution is -0.123. The first kappa shape index (κ1) is 21.4. The Labute approximate surface area is 181 Å². The van der Waals surface area contributed by atoms with Gasteiger partial charge in [0.15, 0.2) is 6.61 Å². The molecule has 9 heteroatoms. The first-order chi connectivity index (χ1) is 14.0. The number of hydrogen-bond acceptors (Lipinski definition) is 5. The van der Waals surface area contributed by atoms with Gasteiger partial charge in [0, 0.05) is 16.6 Å². The zero-order valence-corrected chi connectivity index (χ0v) is 17.8. The molecular weight excluding hydrogens is 464 g/mol. The van der Waals surface area contributed by atoms with Crippen LogP contribution in [0.4, 0.5) is 0 Å². The van der Waals surface area contributed by atoms with E-state index in [4.69, 9.17) is 25.8 Å². The van der Waals surface area contributed by atoms with Gasteiger partial charge in [-0.2, -0.15) is 0 Å². The molecular formula is C20H20BrClN2O5. The van der Waals surface area contributed by atoms with Gasteiger partial charge in [0.2, 0.25) is 0 Å². The molecule has 0 spiro atoms. The van der Waals surface area contributed by atoms with E-state index in [2.05, 4.69) is 26.8 Å². The van der Waals surface area contributed by atoms with Gasteiger partial charge < -0.3 is 14.2 Å². The van der Waals surface area contributed by atoms with Crippen molar-refractivity contribution in [2.45, 2.75) is 18.9 Å². The van der Waals surface area contributed by atoms with Crippen LogP contribution in [0.2, 0.25) is 5.02 Å². The topological polar surface area (TPSA) is 85.9 Å².